The monoisotopic (exact) mass is 1560 g/mol. The van der Waals surface area contributed by atoms with Crippen LogP contribution < -0.4 is 63.7 Å². The first-order valence-electron chi connectivity index (χ1n) is 33.2. The Morgan fingerprint density at radius 2 is 0.213 bits per heavy atom. The fourth-order valence-electron chi connectivity index (χ4n) is 13.0. The first kappa shape index (κ1) is 73.8. The Labute approximate surface area is 604 Å². The van der Waals surface area contributed by atoms with Gasteiger partial charge in [-0.3, -0.25) is 0 Å². The van der Waals surface area contributed by atoms with Gasteiger partial charge in [0.1, 0.15) is 24.6 Å². The summed E-state index contributed by atoms with van der Waals surface area (Å²) in [5.74, 6) is 0. The second-order valence-corrected chi connectivity index (χ2v) is 45.3. The van der Waals surface area contributed by atoms with Gasteiger partial charge in [-0.25, -0.2) is 0 Å². The summed E-state index contributed by atoms with van der Waals surface area (Å²) in [5, 5.41) is 18.8. The molecule has 0 saturated heterocycles. The minimum Gasteiger partial charge on any atom is -0.0620 e. The van der Waals surface area contributed by atoms with Crippen LogP contribution in [0.25, 0.3) is 0 Å². The Kier molecular flexibility index (Phi) is 32.8. The summed E-state index contributed by atoms with van der Waals surface area (Å²) < 4.78 is 0. The molecule has 0 aliphatic rings. The van der Waals surface area contributed by atoms with Crippen LogP contribution in [0.1, 0.15) is 0 Å². The quantitative estimate of drug-likeness (QED) is 0.0311. The van der Waals surface area contributed by atoms with Crippen LogP contribution in [0.15, 0.2) is 364 Å². The van der Waals surface area contributed by atoms with Crippen LogP contribution in [-0.2, 0) is 44.8 Å². The van der Waals surface area contributed by atoms with E-state index >= 15 is 0 Å². The Balaban J connectivity index is 0.000000217. The summed E-state index contributed by atoms with van der Waals surface area (Å²) in [6.07, 6.45) is 15.9. The van der Waals surface area contributed by atoms with Crippen molar-refractivity contribution < 1.29 is 44.8 Å². The molecule has 4 unspecified atom stereocenters. The molecule has 0 aliphatic heterocycles. The van der Waals surface area contributed by atoms with Gasteiger partial charge in [-0.05, 0) is 146 Å². The molecular formula is C84H92Ag2P8+10. The number of hydrogen-bond acceptors (Lipinski definition) is 0. The van der Waals surface area contributed by atoms with E-state index in [-0.39, 0.29) is 44.8 Å². The summed E-state index contributed by atoms with van der Waals surface area (Å²) >= 11 is 0. The fourth-order valence-corrected chi connectivity index (χ4v) is 41.0. The van der Waals surface area contributed by atoms with Crippen molar-refractivity contribution in [2.75, 3.05) is 73.9 Å². The average molecular weight is 1570 g/mol. The summed E-state index contributed by atoms with van der Waals surface area (Å²) in [6.45, 7) is 0. The molecule has 94 heavy (non-hydrogen) atoms. The van der Waals surface area contributed by atoms with Gasteiger partial charge >= 0.3 is 44.8 Å². The van der Waals surface area contributed by atoms with Crippen LogP contribution in [0.5, 0.6) is 0 Å². The van der Waals surface area contributed by atoms with E-state index in [1.165, 1.54) is 73.9 Å². The summed E-state index contributed by atoms with van der Waals surface area (Å²) in [5.41, 5.74) is 0. The van der Waals surface area contributed by atoms with Crippen LogP contribution in [0, 0.1) is 0 Å². The van der Waals surface area contributed by atoms with Crippen molar-refractivity contribution in [2.24, 2.45) is 0 Å². The van der Waals surface area contributed by atoms with Crippen molar-refractivity contribution in [3.8, 4) is 0 Å². The fraction of sp³-hybridized carbons (Fsp3) is 0.143. The molecule has 0 N–H and O–H groups in total. The normalized spacial score (nSPS) is 12.4. The second-order valence-electron chi connectivity index (χ2n) is 23.7. The van der Waals surface area contributed by atoms with Crippen LogP contribution in [0.3, 0.4) is 0 Å². The Bertz CT molecular complexity index is 3220. The van der Waals surface area contributed by atoms with Gasteiger partial charge in [-0.15, -0.1) is 0 Å². The van der Waals surface area contributed by atoms with Gasteiger partial charge in [0, 0.05) is 31.7 Å². The van der Waals surface area contributed by atoms with Gasteiger partial charge in [-0.1, -0.05) is 218 Å². The molecule has 0 aromatic heterocycles. The molecule has 12 aromatic carbocycles. The average Bonchev–Trinajstić information content (AvgIpc) is 2.44. The van der Waals surface area contributed by atoms with Crippen molar-refractivity contribution in [1.29, 1.82) is 0 Å². The predicted molar refractivity (Wildman–Crippen MR) is 438 cm³/mol. The van der Waals surface area contributed by atoms with E-state index in [9.17, 15) is 0 Å². The first-order chi connectivity index (χ1) is 45.7. The zero-order chi connectivity index (χ0) is 62.5. The maximum atomic E-state index is 2.42. The molecule has 0 heterocycles. The summed E-state index contributed by atoms with van der Waals surface area (Å²) in [4.78, 5) is 0. The van der Waals surface area contributed by atoms with Gasteiger partial charge in [0.2, 0.25) is 0 Å². The van der Waals surface area contributed by atoms with Gasteiger partial charge in [0.05, 0.1) is 145 Å². The van der Waals surface area contributed by atoms with E-state index in [4.69, 9.17) is 0 Å². The molecule has 0 fully saturated rings. The predicted octanol–water partition coefficient (Wildman–Crippen LogP) is 15.6. The Morgan fingerprint density at radius 3 is 0.330 bits per heavy atom. The molecule has 0 bridgehead atoms. The molecule has 10 heteroatoms. The zero-order valence-corrected chi connectivity index (χ0v) is 64.7. The molecular weight excluding hydrogens is 1470 g/mol. The van der Waals surface area contributed by atoms with E-state index in [0.29, 0.717) is 0 Å². The second kappa shape index (κ2) is 41.7. The molecule has 12 rings (SSSR count). The first-order valence-corrected chi connectivity index (χ1v) is 47.7. The third-order valence-corrected chi connectivity index (χ3v) is 43.5. The number of hydrogen-bond donors (Lipinski definition) is 0. The third kappa shape index (κ3) is 22.8. The molecule has 0 radical (unpaired) electrons. The minimum absolute atomic E-state index is 0. The third-order valence-electron chi connectivity index (χ3n) is 17.9. The largest absolute Gasteiger partial charge is 1.00 e. The van der Waals surface area contributed by atoms with E-state index in [0.717, 1.165) is 0 Å². The van der Waals surface area contributed by atoms with Crippen LogP contribution in [0.2, 0.25) is 0 Å². The van der Waals surface area contributed by atoms with E-state index in [2.05, 4.69) is 364 Å². The standard InChI is InChI=1S/2C42H42P4.2Ag/c2*1-7-19-37(20-8-1)43(33-35-45(39-23-11-3-12-24-39)40-25-13-4-14-26-40)31-32-44(38-21-9-2-10-22-38)34-36-46(41-27-15-5-16-28-41)42-29-17-6-18-30-42;;/h2*1-30H,31-36H2;;/q;;2*+1/p+8. The number of benzene rings is 12. The molecule has 0 spiro atoms. The van der Waals surface area contributed by atoms with E-state index in [1.807, 2.05) is 0 Å². The van der Waals surface area contributed by atoms with Crippen LogP contribution in [0.4, 0.5) is 0 Å². The molecule has 480 valence electrons. The molecule has 4 atom stereocenters. The summed E-state index contributed by atoms with van der Waals surface area (Å²) in [6, 6.07) is 137. The van der Waals surface area contributed by atoms with Crippen molar-refractivity contribution in [3.05, 3.63) is 364 Å². The Hall–Kier alpha value is -4.44. The van der Waals surface area contributed by atoms with E-state index < -0.39 is 63.4 Å². The minimum atomic E-state index is -0.835. The van der Waals surface area contributed by atoms with Gasteiger partial charge in [0.25, 0.3) is 0 Å². The van der Waals surface area contributed by atoms with Gasteiger partial charge in [-0.2, -0.15) is 0 Å². The van der Waals surface area contributed by atoms with Crippen LogP contribution in [-0.4, -0.2) is 73.9 Å². The Morgan fingerprint density at radius 1 is 0.117 bits per heavy atom. The smallest absolute Gasteiger partial charge is 0.0620 e. The van der Waals surface area contributed by atoms with Crippen molar-refractivity contribution in [3.63, 3.8) is 0 Å². The van der Waals surface area contributed by atoms with Gasteiger partial charge in [0.15, 0.2) is 0 Å². The maximum Gasteiger partial charge on any atom is 1.00 e. The summed E-state index contributed by atoms with van der Waals surface area (Å²) in [7, 11) is -6.20. The van der Waals surface area contributed by atoms with Gasteiger partial charge < -0.3 is 0 Å². The SMILES string of the molecule is [Ag+].[Ag+].c1ccc([PH+](CC[PH+](CC[PH+](c2ccccc2)c2ccccc2)c2ccccc2)CC[PH+](c2ccccc2)c2ccccc2)cc1.c1ccc([PH+](CC[PH+](CC[PH+](c2ccccc2)c2ccccc2)c2ccccc2)CC[PH+](c2ccccc2)c2ccccc2)cc1. The molecule has 12 aromatic rings. The topological polar surface area (TPSA) is 0 Å². The maximum absolute atomic E-state index is 2.42. The number of rotatable bonds is 30. The zero-order valence-electron chi connectivity index (χ0n) is 53.7. The molecule has 0 aliphatic carbocycles. The molecule has 0 amide bonds. The van der Waals surface area contributed by atoms with E-state index in [1.54, 1.807) is 63.7 Å². The van der Waals surface area contributed by atoms with Crippen molar-refractivity contribution >= 4 is 127 Å². The van der Waals surface area contributed by atoms with Crippen molar-refractivity contribution in [2.45, 2.75) is 0 Å². The van der Waals surface area contributed by atoms with Crippen LogP contribution >= 0.6 is 63.4 Å². The molecule has 0 nitrogen and oxygen atoms in total. The van der Waals surface area contributed by atoms with Crippen molar-refractivity contribution in [1.82, 2.24) is 0 Å². The molecule has 0 saturated carbocycles.